The summed E-state index contributed by atoms with van der Waals surface area (Å²) in [6.07, 6.45) is 1.21. The molecule has 0 aliphatic carbocycles. The van der Waals surface area contributed by atoms with Crippen molar-refractivity contribution < 1.29 is 4.74 Å². The highest BCUT2D eigenvalue weighted by atomic mass is 16.5. The summed E-state index contributed by atoms with van der Waals surface area (Å²) in [4.78, 5) is 2.49. The monoisotopic (exact) mass is 276 g/mol. The van der Waals surface area contributed by atoms with Crippen LogP contribution in [-0.2, 0) is 11.3 Å². The van der Waals surface area contributed by atoms with Crippen LogP contribution in [0.1, 0.15) is 28.7 Å². The molecule has 0 radical (unpaired) electrons. The smallest absolute Gasteiger partial charge is 0.0594 e. The first-order valence-electron chi connectivity index (χ1n) is 7.74. The number of nitrogens with zero attached hydrogens (tertiary/aromatic N) is 1. The van der Waals surface area contributed by atoms with Crippen molar-refractivity contribution in [2.24, 2.45) is 0 Å². The minimum atomic E-state index is 0.898. The number of hydrogen-bond donors (Lipinski definition) is 1. The molecule has 0 aromatic heterocycles. The second-order valence-electron chi connectivity index (χ2n) is 5.86. The normalized spacial score (nSPS) is 16.6. The lowest BCUT2D eigenvalue weighted by molar-refractivity contribution is 0.0374. The third kappa shape index (κ3) is 4.58. The molecule has 3 heteroatoms. The summed E-state index contributed by atoms with van der Waals surface area (Å²) in [5, 5.41) is 3.58. The summed E-state index contributed by atoms with van der Waals surface area (Å²) >= 11 is 0. The van der Waals surface area contributed by atoms with E-state index in [-0.39, 0.29) is 0 Å². The number of ether oxygens (including phenoxy) is 1. The van der Waals surface area contributed by atoms with Crippen molar-refractivity contribution in [2.45, 2.75) is 33.7 Å². The third-order valence-corrected chi connectivity index (χ3v) is 4.07. The van der Waals surface area contributed by atoms with Crippen LogP contribution >= 0.6 is 0 Å². The molecule has 0 unspecified atom stereocenters. The Morgan fingerprint density at radius 3 is 2.40 bits per heavy atom. The second kappa shape index (κ2) is 7.77. The van der Waals surface area contributed by atoms with Crippen LogP contribution in [0.25, 0.3) is 0 Å². The number of benzene rings is 1. The Kier molecular flexibility index (Phi) is 6.02. The standard InChI is InChI=1S/C17H28N2O/c1-14-11-15(2)17(16(3)12-14)13-18-5-4-6-19-7-9-20-10-8-19/h11-12,18H,4-10,13H2,1-3H3. The van der Waals surface area contributed by atoms with Gasteiger partial charge in [-0.05, 0) is 57.0 Å². The third-order valence-electron chi connectivity index (χ3n) is 4.07. The van der Waals surface area contributed by atoms with Gasteiger partial charge in [-0.3, -0.25) is 4.90 Å². The van der Waals surface area contributed by atoms with Crippen LogP contribution in [0.15, 0.2) is 12.1 Å². The van der Waals surface area contributed by atoms with Crippen LogP contribution in [0, 0.1) is 20.8 Å². The van der Waals surface area contributed by atoms with Crippen LogP contribution in [-0.4, -0.2) is 44.3 Å². The Morgan fingerprint density at radius 1 is 1.10 bits per heavy atom. The van der Waals surface area contributed by atoms with Gasteiger partial charge in [-0.2, -0.15) is 0 Å². The average Bonchev–Trinajstić information content (AvgIpc) is 2.42. The van der Waals surface area contributed by atoms with Crippen LogP contribution in [0.4, 0.5) is 0 Å². The first kappa shape index (κ1) is 15.5. The lowest BCUT2D eigenvalue weighted by Crippen LogP contribution is -2.37. The van der Waals surface area contributed by atoms with Crippen LogP contribution < -0.4 is 5.32 Å². The molecule has 2 rings (SSSR count). The van der Waals surface area contributed by atoms with E-state index in [1.807, 2.05) is 0 Å². The highest BCUT2D eigenvalue weighted by Crippen LogP contribution is 2.15. The number of morpholine rings is 1. The zero-order chi connectivity index (χ0) is 14.4. The van der Waals surface area contributed by atoms with Crippen molar-refractivity contribution in [1.29, 1.82) is 0 Å². The molecule has 112 valence electrons. The maximum Gasteiger partial charge on any atom is 0.0594 e. The molecular weight excluding hydrogens is 248 g/mol. The molecule has 0 atom stereocenters. The zero-order valence-corrected chi connectivity index (χ0v) is 13.2. The van der Waals surface area contributed by atoms with E-state index in [0.717, 1.165) is 39.4 Å². The first-order chi connectivity index (χ1) is 9.66. The first-order valence-corrected chi connectivity index (χ1v) is 7.74. The van der Waals surface area contributed by atoms with Crippen molar-refractivity contribution in [3.63, 3.8) is 0 Å². The quantitative estimate of drug-likeness (QED) is 0.808. The number of rotatable bonds is 6. The molecule has 0 spiro atoms. The van der Waals surface area contributed by atoms with E-state index >= 15 is 0 Å². The van der Waals surface area contributed by atoms with Crippen molar-refractivity contribution in [3.8, 4) is 0 Å². The van der Waals surface area contributed by atoms with Crippen molar-refractivity contribution in [2.75, 3.05) is 39.4 Å². The Balaban J connectivity index is 1.68. The van der Waals surface area contributed by atoms with E-state index in [1.165, 1.54) is 35.2 Å². The summed E-state index contributed by atoms with van der Waals surface area (Å²) in [7, 11) is 0. The molecule has 3 nitrogen and oxygen atoms in total. The van der Waals surface area contributed by atoms with E-state index in [0.29, 0.717) is 0 Å². The predicted molar refractivity (Wildman–Crippen MR) is 84.2 cm³/mol. The fourth-order valence-electron chi connectivity index (χ4n) is 2.95. The summed E-state index contributed by atoms with van der Waals surface area (Å²) < 4.78 is 5.36. The van der Waals surface area contributed by atoms with Crippen LogP contribution in [0.5, 0.6) is 0 Å². The van der Waals surface area contributed by atoms with Gasteiger partial charge in [0.15, 0.2) is 0 Å². The Morgan fingerprint density at radius 2 is 1.75 bits per heavy atom. The van der Waals surface area contributed by atoms with Crippen molar-refractivity contribution >= 4 is 0 Å². The van der Waals surface area contributed by atoms with Gasteiger partial charge in [-0.25, -0.2) is 0 Å². The Hall–Kier alpha value is -0.900. The molecule has 1 N–H and O–H groups in total. The molecule has 1 aliphatic rings. The van der Waals surface area contributed by atoms with Crippen molar-refractivity contribution in [1.82, 2.24) is 10.2 Å². The van der Waals surface area contributed by atoms with Gasteiger partial charge < -0.3 is 10.1 Å². The van der Waals surface area contributed by atoms with E-state index in [1.54, 1.807) is 0 Å². The predicted octanol–water partition coefficient (Wildman–Crippen LogP) is 2.42. The largest absolute Gasteiger partial charge is 0.379 e. The fourth-order valence-corrected chi connectivity index (χ4v) is 2.95. The summed E-state index contributed by atoms with van der Waals surface area (Å²) in [6, 6.07) is 4.55. The summed E-state index contributed by atoms with van der Waals surface area (Å²) in [5.41, 5.74) is 5.63. The molecule has 1 saturated heterocycles. The fraction of sp³-hybridized carbons (Fsp3) is 0.647. The molecule has 1 fully saturated rings. The average molecular weight is 276 g/mol. The molecule has 1 aromatic carbocycles. The van der Waals surface area contributed by atoms with Crippen molar-refractivity contribution in [3.05, 3.63) is 34.4 Å². The van der Waals surface area contributed by atoms with E-state index in [2.05, 4.69) is 43.1 Å². The van der Waals surface area contributed by atoms with Gasteiger partial charge in [0.2, 0.25) is 0 Å². The summed E-state index contributed by atoms with van der Waals surface area (Å²) in [6.45, 7) is 13.8. The lowest BCUT2D eigenvalue weighted by atomic mass is 10.00. The lowest BCUT2D eigenvalue weighted by Gasteiger charge is -2.26. The highest BCUT2D eigenvalue weighted by molar-refractivity contribution is 5.37. The SMILES string of the molecule is Cc1cc(C)c(CNCCCN2CCOCC2)c(C)c1. The molecule has 0 saturated carbocycles. The van der Waals surface area contributed by atoms with E-state index in [9.17, 15) is 0 Å². The molecule has 1 heterocycles. The molecule has 1 aliphatic heterocycles. The zero-order valence-electron chi connectivity index (χ0n) is 13.2. The molecule has 1 aromatic rings. The van der Waals surface area contributed by atoms with E-state index in [4.69, 9.17) is 4.74 Å². The number of hydrogen-bond acceptors (Lipinski definition) is 3. The Labute approximate surface area is 123 Å². The Bertz CT molecular complexity index is 402. The number of nitrogens with one attached hydrogen (secondary N) is 1. The van der Waals surface area contributed by atoms with Crippen LogP contribution in [0.3, 0.4) is 0 Å². The maximum absolute atomic E-state index is 5.36. The van der Waals surface area contributed by atoms with Gasteiger partial charge >= 0.3 is 0 Å². The topological polar surface area (TPSA) is 24.5 Å². The molecule has 0 bridgehead atoms. The van der Waals surface area contributed by atoms with Gasteiger partial charge in [-0.1, -0.05) is 17.7 Å². The van der Waals surface area contributed by atoms with E-state index < -0.39 is 0 Å². The second-order valence-corrected chi connectivity index (χ2v) is 5.86. The molecule has 20 heavy (non-hydrogen) atoms. The maximum atomic E-state index is 5.36. The minimum absolute atomic E-state index is 0.898. The molecule has 0 amide bonds. The number of aryl methyl sites for hydroxylation is 3. The van der Waals surface area contributed by atoms with Gasteiger partial charge in [-0.15, -0.1) is 0 Å². The minimum Gasteiger partial charge on any atom is -0.379 e. The van der Waals surface area contributed by atoms with Gasteiger partial charge in [0.25, 0.3) is 0 Å². The summed E-state index contributed by atoms with van der Waals surface area (Å²) in [5.74, 6) is 0. The van der Waals surface area contributed by atoms with Gasteiger partial charge in [0.05, 0.1) is 13.2 Å². The molecular formula is C17H28N2O. The van der Waals surface area contributed by atoms with Crippen LogP contribution in [0.2, 0.25) is 0 Å². The van der Waals surface area contributed by atoms with Gasteiger partial charge in [0.1, 0.15) is 0 Å². The van der Waals surface area contributed by atoms with Gasteiger partial charge in [0, 0.05) is 19.6 Å². The highest BCUT2D eigenvalue weighted by Gasteiger charge is 2.09.